The summed E-state index contributed by atoms with van der Waals surface area (Å²) in [5.74, 6) is 0.0104. The quantitative estimate of drug-likeness (QED) is 0.281. The van der Waals surface area contributed by atoms with Crippen molar-refractivity contribution in [1.82, 2.24) is 4.98 Å². The van der Waals surface area contributed by atoms with Gasteiger partial charge < -0.3 is 14.8 Å². The van der Waals surface area contributed by atoms with Crippen molar-refractivity contribution in [2.45, 2.75) is 33.6 Å². The van der Waals surface area contributed by atoms with E-state index in [1.165, 1.54) is 18.4 Å². The summed E-state index contributed by atoms with van der Waals surface area (Å²) in [4.78, 5) is 31.8. The van der Waals surface area contributed by atoms with E-state index in [0.29, 0.717) is 28.4 Å². The molecular weight excluding hydrogens is 460 g/mol. The van der Waals surface area contributed by atoms with Crippen molar-refractivity contribution in [3.05, 3.63) is 76.2 Å². The minimum Gasteiger partial charge on any atom is -0.494 e. The van der Waals surface area contributed by atoms with E-state index >= 15 is 0 Å². The highest BCUT2D eigenvalue weighted by molar-refractivity contribution is 7.16. The summed E-state index contributed by atoms with van der Waals surface area (Å²) in [6.07, 6.45) is 1.76. The van der Waals surface area contributed by atoms with Crippen LogP contribution in [0.1, 0.15) is 51.4 Å². The Balaban J connectivity index is 1.77. The number of amides is 1. The van der Waals surface area contributed by atoms with E-state index in [-0.39, 0.29) is 5.91 Å². The number of nitrogens with zero attached hydrogens (tertiary/aromatic N) is 1. The maximum Gasteiger partial charge on any atom is 0.340 e. The van der Waals surface area contributed by atoms with Crippen LogP contribution in [0.25, 0.3) is 22.2 Å². The van der Waals surface area contributed by atoms with Crippen molar-refractivity contribution in [2.24, 2.45) is 0 Å². The number of thiophene rings is 1. The lowest BCUT2D eigenvalue weighted by molar-refractivity contribution is 0.0602. The Bertz CT molecular complexity index is 1380. The lowest BCUT2D eigenvalue weighted by Crippen LogP contribution is -2.14. The predicted octanol–water partition coefficient (Wildman–Crippen LogP) is 6.66. The number of esters is 1. The van der Waals surface area contributed by atoms with Gasteiger partial charge in [0.05, 0.1) is 36.1 Å². The van der Waals surface area contributed by atoms with Crippen molar-refractivity contribution < 1.29 is 19.1 Å². The minimum atomic E-state index is -0.468. The van der Waals surface area contributed by atoms with Gasteiger partial charge in [-0.1, -0.05) is 25.0 Å². The van der Waals surface area contributed by atoms with Crippen LogP contribution in [-0.2, 0) is 11.2 Å². The molecule has 0 bridgehead atoms. The molecule has 0 aliphatic rings. The normalized spacial score (nSPS) is 10.9. The van der Waals surface area contributed by atoms with E-state index in [2.05, 4.69) is 12.2 Å². The van der Waals surface area contributed by atoms with E-state index in [1.807, 2.05) is 56.3 Å². The van der Waals surface area contributed by atoms with Crippen molar-refractivity contribution in [3.8, 4) is 17.0 Å². The number of aryl methyl sites for hydroxylation is 2. The van der Waals surface area contributed by atoms with Gasteiger partial charge in [-0.15, -0.1) is 11.3 Å². The fraction of sp³-hybridized carbons (Fsp3) is 0.250. The Labute approximate surface area is 208 Å². The summed E-state index contributed by atoms with van der Waals surface area (Å²) in [5.41, 5.74) is 4.17. The second kappa shape index (κ2) is 10.7. The second-order valence-electron chi connectivity index (χ2n) is 8.18. The number of fused-ring (bicyclic) bond motifs is 1. The SMILES string of the molecule is CCCc1cc(C(=O)OC)c(NC(=O)c2cc(-c3ccc(OCC)cc3)nc3ccc(C)cc23)s1. The van der Waals surface area contributed by atoms with Gasteiger partial charge in [-0.25, -0.2) is 9.78 Å². The van der Waals surface area contributed by atoms with Gasteiger partial charge >= 0.3 is 5.97 Å². The van der Waals surface area contributed by atoms with Crippen LogP contribution in [0.2, 0.25) is 0 Å². The number of methoxy groups -OCH3 is 1. The van der Waals surface area contributed by atoms with Crippen LogP contribution < -0.4 is 10.1 Å². The molecule has 0 aliphatic heterocycles. The van der Waals surface area contributed by atoms with E-state index in [9.17, 15) is 9.59 Å². The molecule has 6 nitrogen and oxygen atoms in total. The zero-order valence-electron chi connectivity index (χ0n) is 20.3. The number of aromatic nitrogens is 1. The number of rotatable bonds is 8. The summed E-state index contributed by atoms with van der Waals surface area (Å²) in [6.45, 7) is 6.58. The molecular formula is C28H28N2O4S. The van der Waals surface area contributed by atoms with Gasteiger partial charge in [-0.3, -0.25) is 4.79 Å². The fourth-order valence-corrected chi connectivity index (χ4v) is 5.04. The number of nitrogens with one attached hydrogen (secondary N) is 1. The molecule has 0 spiro atoms. The largest absolute Gasteiger partial charge is 0.494 e. The fourth-order valence-electron chi connectivity index (χ4n) is 3.90. The molecule has 4 rings (SSSR count). The van der Waals surface area contributed by atoms with Gasteiger partial charge in [0.2, 0.25) is 0 Å². The molecule has 4 aromatic rings. The van der Waals surface area contributed by atoms with Crippen LogP contribution >= 0.6 is 11.3 Å². The molecule has 180 valence electrons. The number of hydrogen-bond donors (Lipinski definition) is 1. The van der Waals surface area contributed by atoms with Crippen LogP contribution in [-0.4, -0.2) is 30.6 Å². The number of benzene rings is 2. The van der Waals surface area contributed by atoms with E-state index in [0.717, 1.165) is 45.5 Å². The Hall–Kier alpha value is -3.71. The molecule has 1 amide bonds. The first kappa shape index (κ1) is 24.4. The van der Waals surface area contributed by atoms with Crippen LogP contribution in [0.5, 0.6) is 5.75 Å². The zero-order valence-corrected chi connectivity index (χ0v) is 21.1. The Morgan fingerprint density at radius 2 is 1.77 bits per heavy atom. The molecule has 35 heavy (non-hydrogen) atoms. The molecule has 0 fully saturated rings. The molecule has 2 heterocycles. The topological polar surface area (TPSA) is 77.5 Å². The molecule has 1 N–H and O–H groups in total. The lowest BCUT2D eigenvalue weighted by atomic mass is 10.0. The third kappa shape index (κ3) is 5.35. The van der Waals surface area contributed by atoms with Crippen molar-refractivity contribution in [2.75, 3.05) is 19.0 Å². The van der Waals surface area contributed by atoms with Crippen molar-refractivity contribution in [1.29, 1.82) is 0 Å². The molecule has 2 aromatic carbocycles. The number of pyridine rings is 1. The van der Waals surface area contributed by atoms with Gasteiger partial charge in [0, 0.05) is 15.8 Å². The van der Waals surface area contributed by atoms with Gasteiger partial charge in [0.15, 0.2) is 0 Å². The van der Waals surface area contributed by atoms with Gasteiger partial charge in [0.25, 0.3) is 5.91 Å². The lowest BCUT2D eigenvalue weighted by Gasteiger charge is -2.12. The van der Waals surface area contributed by atoms with Crippen LogP contribution in [0.15, 0.2) is 54.6 Å². The van der Waals surface area contributed by atoms with E-state index < -0.39 is 5.97 Å². The van der Waals surface area contributed by atoms with Crippen LogP contribution in [0, 0.1) is 6.92 Å². The number of ether oxygens (including phenoxy) is 2. The summed E-state index contributed by atoms with van der Waals surface area (Å²) < 4.78 is 10.5. The first-order chi connectivity index (χ1) is 16.9. The standard InChI is InChI=1S/C28H28N2O4S/c1-5-7-20-15-23(28(32)33-4)27(35-20)30-26(31)22-16-25(18-9-11-19(12-10-18)34-6-2)29-24-13-8-17(3)14-21(22)24/h8-16H,5-7H2,1-4H3,(H,30,31). The monoisotopic (exact) mass is 488 g/mol. The Kier molecular flexibility index (Phi) is 7.46. The third-order valence-electron chi connectivity index (χ3n) is 5.58. The highest BCUT2D eigenvalue weighted by Crippen LogP contribution is 2.32. The highest BCUT2D eigenvalue weighted by atomic mass is 32.1. The molecule has 0 saturated carbocycles. The molecule has 0 saturated heterocycles. The van der Waals surface area contributed by atoms with Gasteiger partial charge in [0.1, 0.15) is 10.8 Å². The van der Waals surface area contributed by atoms with Crippen LogP contribution in [0.4, 0.5) is 5.00 Å². The summed E-state index contributed by atoms with van der Waals surface area (Å²) in [6, 6.07) is 17.1. The van der Waals surface area contributed by atoms with Crippen molar-refractivity contribution in [3.63, 3.8) is 0 Å². The number of anilines is 1. The first-order valence-corrected chi connectivity index (χ1v) is 12.4. The number of carbonyl (C=O) groups is 2. The molecule has 0 radical (unpaired) electrons. The van der Waals surface area contributed by atoms with Crippen LogP contribution in [0.3, 0.4) is 0 Å². The average Bonchev–Trinajstić information content (AvgIpc) is 3.25. The van der Waals surface area contributed by atoms with E-state index in [4.69, 9.17) is 14.5 Å². The number of carbonyl (C=O) groups excluding carboxylic acids is 2. The summed E-state index contributed by atoms with van der Waals surface area (Å²) in [5, 5.41) is 4.21. The first-order valence-electron chi connectivity index (χ1n) is 11.6. The molecule has 7 heteroatoms. The maximum absolute atomic E-state index is 13.6. The molecule has 0 atom stereocenters. The smallest absolute Gasteiger partial charge is 0.340 e. The van der Waals surface area contributed by atoms with Gasteiger partial charge in [-0.2, -0.15) is 0 Å². The average molecular weight is 489 g/mol. The van der Waals surface area contributed by atoms with E-state index in [1.54, 1.807) is 12.1 Å². The second-order valence-corrected chi connectivity index (χ2v) is 9.32. The number of hydrogen-bond acceptors (Lipinski definition) is 6. The maximum atomic E-state index is 13.6. The summed E-state index contributed by atoms with van der Waals surface area (Å²) >= 11 is 1.40. The Morgan fingerprint density at radius 3 is 2.46 bits per heavy atom. The molecule has 0 aliphatic carbocycles. The molecule has 0 unspecified atom stereocenters. The third-order valence-corrected chi connectivity index (χ3v) is 6.69. The predicted molar refractivity (Wildman–Crippen MR) is 141 cm³/mol. The molecule has 2 aromatic heterocycles. The zero-order chi connectivity index (χ0) is 24.9. The summed E-state index contributed by atoms with van der Waals surface area (Å²) in [7, 11) is 1.34. The van der Waals surface area contributed by atoms with Gasteiger partial charge in [-0.05, 0) is 68.8 Å². The van der Waals surface area contributed by atoms with Crippen molar-refractivity contribution >= 4 is 39.1 Å². The Morgan fingerprint density at radius 1 is 1.00 bits per heavy atom. The minimum absolute atomic E-state index is 0.301. The highest BCUT2D eigenvalue weighted by Gasteiger charge is 2.21.